The maximum atomic E-state index is 12.5. The Kier molecular flexibility index (Phi) is 5.04. The van der Waals surface area contributed by atoms with Crippen LogP contribution in [0.4, 0.5) is 0 Å². The Morgan fingerprint density at radius 3 is 2.57 bits per heavy atom. The summed E-state index contributed by atoms with van der Waals surface area (Å²) in [6, 6.07) is 10.2. The Bertz CT molecular complexity index is 614. The van der Waals surface area contributed by atoms with E-state index in [0.717, 1.165) is 11.1 Å². The minimum atomic E-state index is 0. The zero-order valence-corrected chi connectivity index (χ0v) is 13.5. The average Bonchev–Trinajstić information content (AvgIpc) is 3.05. The van der Waals surface area contributed by atoms with Crippen molar-refractivity contribution in [3.63, 3.8) is 0 Å². The molecule has 21 heavy (non-hydrogen) atoms. The first-order valence-electron chi connectivity index (χ1n) is 6.79. The van der Waals surface area contributed by atoms with Crippen molar-refractivity contribution in [2.45, 2.75) is 18.9 Å². The maximum absolute atomic E-state index is 12.5. The molecule has 3 nitrogen and oxygen atoms in total. The Labute approximate surface area is 135 Å². The summed E-state index contributed by atoms with van der Waals surface area (Å²) in [7, 11) is 0. The number of nitrogens with zero attached hydrogens (tertiary/aromatic N) is 1. The number of benzene rings is 1. The third kappa shape index (κ3) is 3.12. The average molecular weight is 323 g/mol. The summed E-state index contributed by atoms with van der Waals surface area (Å²) in [4.78, 5) is 14.4. The van der Waals surface area contributed by atoms with E-state index in [1.54, 1.807) is 11.3 Å². The van der Waals surface area contributed by atoms with Gasteiger partial charge in [-0.3, -0.25) is 4.79 Å². The minimum absolute atomic E-state index is 0. The van der Waals surface area contributed by atoms with Crippen molar-refractivity contribution in [1.29, 1.82) is 0 Å². The minimum Gasteiger partial charge on any atom is -0.336 e. The molecule has 1 fully saturated rings. The van der Waals surface area contributed by atoms with Crippen molar-refractivity contribution in [2.75, 3.05) is 13.1 Å². The summed E-state index contributed by atoms with van der Waals surface area (Å²) < 4.78 is 0. The molecule has 1 amide bonds. The number of rotatable bonds is 2. The molecule has 1 aromatic carbocycles. The van der Waals surface area contributed by atoms with Gasteiger partial charge in [-0.25, -0.2) is 0 Å². The number of likely N-dealkylation sites (tertiary alicyclic amines) is 1. The Morgan fingerprint density at radius 1 is 1.24 bits per heavy atom. The van der Waals surface area contributed by atoms with Gasteiger partial charge < -0.3 is 10.6 Å². The predicted octanol–water partition coefficient (Wildman–Crippen LogP) is 3.05. The molecular weight excluding hydrogens is 304 g/mol. The molecule has 1 saturated heterocycles. The number of halogens is 1. The fourth-order valence-corrected chi connectivity index (χ4v) is 3.62. The molecular formula is C16H19ClN2OS. The topological polar surface area (TPSA) is 46.3 Å². The van der Waals surface area contributed by atoms with Gasteiger partial charge in [0.05, 0.1) is 5.56 Å². The summed E-state index contributed by atoms with van der Waals surface area (Å²) in [6.45, 7) is 3.32. The summed E-state index contributed by atoms with van der Waals surface area (Å²) in [5.41, 5.74) is 9.33. The molecule has 0 aliphatic carbocycles. The largest absolute Gasteiger partial charge is 0.336 e. The monoisotopic (exact) mass is 322 g/mol. The number of carbonyl (C=O) groups excluding carboxylic acids is 1. The molecule has 0 spiro atoms. The highest BCUT2D eigenvalue weighted by atomic mass is 35.5. The highest BCUT2D eigenvalue weighted by Crippen LogP contribution is 2.28. The van der Waals surface area contributed by atoms with Crippen LogP contribution in [0.2, 0.25) is 0 Å². The van der Waals surface area contributed by atoms with Crippen LogP contribution in [0.5, 0.6) is 0 Å². The standard InChI is InChI=1S/C16H18N2OS.ClH/c1-11-9-20-10-14(11)16(19)18-7-13(15(17)8-18)12-5-3-2-4-6-12;/h2-6,9-10,13,15H,7-8,17H2,1H3;1H/t13-,15+;/m0./s1. The van der Waals surface area contributed by atoms with Gasteiger partial charge in [0.25, 0.3) is 5.91 Å². The Balaban J connectivity index is 0.00000161. The lowest BCUT2D eigenvalue weighted by molar-refractivity contribution is 0.0789. The highest BCUT2D eigenvalue weighted by Gasteiger charge is 2.34. The van der Waals surface area contributed by atoms with Crippen LogP contribution in [0.3, 0.4) is 0 Å². The number of carbonyl (C=O) groups is 1. The first-order valence-corrected chi connectivity index (χ1v) is 7.73. The van der Waals surface area contributed by atoms with E-state index in [4.69, 9.17) is 5.73 Å². The second-order valence-corrected chi connectivity index (χ2v) is 6.10. The van der Waals surface area contributed by atoms with E-state index in [2.05, 4.69) is 12.1 Å². The second-order valence-electron chi connectivity index (χ2n) is 5.36. The third-order valence-corrected chi connectivity index (χ3v) is 4.83. The number of thiophene rings is 1. The maximum Gasteiger partial charge on any atom is 0.255 e. The van der Waals surface area contributed by atoms with Crippen molar-refractivity contribution in [3.05, 3.63) is 57.8 Å². The van der Waals surface area contributed by atoms with Gasteiger partial charge in [0.1, 0.15) is 0 Å². The second kappa shape index (κ2) is 6.60. The molecule has 2 N–H and O–H groups in total. The number of nitrogens with two attached hydrogens (primary N) is 1. The fraction of sp³-hybridized carbons (Fsp3) is 0.312. The Hall–Kier alpha value is -1.36. The summed E-state index contributed by atoms with van der Waals surface area (Å²) in [6.07, 6.45) is 0. The SMILES string of the molecule is Cc1cscc1C(=O)N1C[C@@H](N)[C@H](c2ccccc2)C1.Cl. The van der Waals surface area contributed by atoms with Crippen LogP contribution in [0.1, 0.15) is 27.4 Å². The van der Waals surface area contributed by atoms with Crippen LogP contribution in [-0.2, 0) is 0 Å². The zero-order chi connectivity index (χ0) is 14.1. The van der Waals surface area contributed by atoms with Crippen molar-refractivity contribution < 1.29 is 4.79 Å². The fourth-order valence-electron chi connectivity index (χ4n) is 2.80. The lowest BCUT2D eigenvalue weighted by atomic mass is 9.95. The van der Waals surface area contributed by atoms with Gasteiger partial charge in [-0.05, 0) is 23.4 Å². The zero-order valence-electron chi connectivity index (χ0n) is 11.9. The van der Waals surface area contributed by atoms with Crippen molar-refractivity contribution in [2.24, 2.45) is 5.73 Å². The van der Waals surface area contributed by atoms with Crippen LogP contribution in [-0.4, -0.2) is 29.9 Å². The predicted molar refractivity (Wildman–Crippen MR) is 89.4 cm³/mol. The van der Waals surface area contributed by atoms with Crippen molar-refractivity contribution >= 4 is 29.7 Å². The molecule has 1 aliphatic heterocycles. The highest BCUT2D eigenvalue weighted by molar-refractivity contribution is 7.08. The lowest BCUT2D eigenvalue weighted by Gasteiger charge is -2.16. The van der Waals surface area contributed by atoms with Gasteiger partial charge in [0.2, 0.25) is 0 Å². The Morgan fingerprint density at radius 2 is 1.95 bits per heavy atom. The lowest BCUT2D eigenvalue weighted by Crippen LogP contribution is -2.32. The first kappa shape index (κ1) is 16.0. The van der Waals surface area contributed by atoms with E-state index in [1.165, 1.54) is 5.56 Å². The van der Waals surface area contributed by atoms with Gasteiger partial charge in [-0.1, -0.05) is 30.3 Å². The molecule has 0 saturated carbocycles. The van der Waals surface area contributed by atoms with Gasteiger partial charge in [-0.15, -0.1) is 12.4 Å². The van der Waals surface area contributed by atoms with Crippen LogP contribution in [0.25, 0.3) is 0 Å². The van der Waals surface area contributed by atoms with E-state index < -0.39 is 0 Å². The molecule has 1 aliphatic rings. The first-order chi connectivity index (χ1) is 9.66. The molecule has 1 aromatic heterocycles. The van der Waals surface area contributed by atoms with Gasteiger partial charge >= 0.3 is 0 Å². The summed E-state index contributed by atoms with van der Waals surface area (Å²) in [5.74, 6) is 0.344. The van der Waals surface area contributed by atoms with Gasteiger partial charge in [-0.2, -0.15) is 11.3 Å². The van der Waals surface area contributed by atoms with Crippen LogP contribution in [0, 0.1) is 6.92 Å². The molecule has 2 atom stereocenters. The van der Waals surface area contributed by atoms with E-state index in [9.17, 15) is 4.79 Å². The number of hydrogen-bond donors (Lipinski definition) is 1. The van der Waals surface area contributed by atoms with Crippen LogP contribution in [0.15, 0.2) is 41.1 Å². The third-order valence-electron chi connectivity index (χ3n) is 3.97. The summed E-state index contributed by atoms with van der Waals surface area (Å²) in [5, 5.41) is 3.94. The van der Waals surface area contributed by atoms with Gasteiger partial charge in [0.15, 0.2) is 0 Å². The van der Waals surface area contributed by atoms with Gasteiger partial charge in [0, 0.05) is 30.4 Å². The van der Waals surface area contributed by atoms with E-state index in [1.807, 2.05) is 40.8 Å². The number of amides is 1. The van der Waals surface area contributed by atoms with E-state index >= 15 is 0 Å². The number of aryl methyl sites for hydroxylation is 1. The van der Waals surface area contributed by atoms with Crippen LogP contribution < -0.4 is 5.73 Å². The molecule has 0 unspecified atom stereocenters. The normalized spacial score (nSPS) is 21.1. The van der Waals surface area contributed by atoms with E-state index in [0.29, 0.717) is 13.1 Å². The molecule has 0 bridgehead atoms. The molecule has 112 valence electrons. The molecule has 3 rings (SSSR count). The smallest absolute Gasteiger partial charge is 0.255 e. The molecule has 5 heteroatoms. The molecule has 0 radical (unpaired) electrons. The van der Waals surface area contributed by atoms with Crippen LogP contribution >= 0.6 is 23.7 Å². The number of hydrogen-bond acceptors (Lipinski definition) is 3. The van der Waals surface area contributed by atoms with E-state index in [-0.39, 0.29) is 30.3 Å². The summed E-state index contributed by atoms with van der Waals surface area (Å²) >= 11 is 1.57. The van der Waals surface area contributed by atoms with Crippen molar-refractivity contribution in [1.82, 2.24) is 4.90 Å². The molecule has 2 aromatic rings. The van der Waals surface area contributed by atoms with Crippen molar-refractivity contribution in [3.8, 4) is 0 Å². The molecule has 2 heterocycles. The quantitative estimate of drug-likeness (QED) is 0.923.